The van der Waals surface area contributed by atoms with Gasteiger partial charge in [0.1, 0.15) is 12.1 Å². The van der Waals surface area contributed by atoms with Crippen molar-refractivity contribution in [2.45, 2.75) is 50.8 Å². The summed E-state index contributed by atoms with van der Waals surface area (Å²) in [5.41, 5.74) is 2.42. The Morgan fingerprint density at radius 2 is 1.90 bits per heavy atom. The highest BCUT2D eigenvalue weighted by molar-refractivity contribution is 7.89. The fourth-order valence-electron chi connectivity index (χ4n) is 4.01. The van der Waals surface area contributed by atoms with Crippen LogP contribution in [-0.2, 0) is 26.1 Å². The maximum absolute atomic E-state index is 12.7. The molecule has 0 saturated carbocycles. The molecule has 0 radical (unpaired) electrons. The Bertz CT molecular complexity index is 1270. The van der Waals surface area contributed by atoms with Gasteiger partial charge in [0.15, 0.2) is 0 Å². The van der Waals surface area contributed by atoms with Crippen molar-refractivity contribution in [3.8, 4) is 0 Å². The number of benzene rings is 2. The number of esters is 1. The lowest BCUT2D eigenvalue weighted by Gasteiger charge is -2.20. The third kappa shape index (κ3) is 3.62. The molecule has 30 heavy (non-hydrogen) atoms. The van der Waals surface area contributed by atoms with Gasteiger partial charge in [0.05, 0.1) is 16.5 Å². The summed E-state index contributed by atoms with van der Waals surface area (Å²) in [7, 11) is -3.61. The molecule has 1 atom stereocenters. The number of rotatable bonds is 3. The minimum absolute atomic E-state index is 0.00105. The number of hydrogen-bond acceptors (Lipinski definition) is 4. The lowest BCUT2D eigenvalue weighted by Crippen LogP contribution is -2.27. The summed E-state index contributed by atoms with van der Waals surface area (Å²) in [6.45, 7) is 7.33. The van der Waals surface area contributed by atoms with E-state index >= 15 is 0 Å². The molecule has 0 fully saturated rings. The molecule has 3 aromatic rings. The average molecular weight is 447 g/mol. The first-order valence-electron chi connectivity index (χ1n) is 9.59. The zero-order valence-electron chi connectivity index (χ0n) is 17.2. The zero-order valence-corrected chi connectivity index (χ0v) is 18.8. The van der Waals surface area contributed by atoms with Crippen LogP contribution < -0.4 is 4.72 Å². The van der Waals surface area contributed by atoms with E-state index in [9.17, 15) is 13.2 Å². The standard InChI is InChI=1S/C22H23ClN2O4S/c1-13-20(21-16-7-5-6-8-18(16)30(27,28)24-21)15-10-9-14(23)11-17(15)25(13)12-19(26)29-22(2,3)4/h5-11,21,24H,12H2,1-4H3. The normalized spacial score (nSPS) is 17.8. The topological polar surface area (TPSA) is 77.4 Å². The van der Waals surface area contributed by atoms with Gasteiger partial charge < -0.3 is 9.30 Å². The van der Waals surface area contributed by atoms with Crippen LogP contribution >= 0.6 is 11.6 Å². The van der Waals surface area contributed by atoms with Crippen molar-refractivity contribution in [2.24, 2.45) is 0 Å². The van der Waals surface area contributed by atoms with E-state index in [0.29, 0.717) is 10.6 Å². The van der Waals surface area contributed by atoms with E-state index in [1.807, 2.05) is 50.5 Å². The molecule has 1 aromatic heterocycles. The molecule has 2 aromatic carbocycles. The molecule has 158 valence electrons. The minimum Gasteiger partial charge on any atom is -0.459 e. The Balaban J connectivity index is 1.89. The smallest absolute Gasteiger partial charge is 0.326 e. The average Bonchev–Trinajstić information content (AvgIpc) is 3.05. The van der Waals surface area contributed by atoms with E-state index in [0.717, 1.165) is 22.2 Å². The third-order valence-corrected chi connectivity index (χ3v) is 6.86. The van der Waals surface area contributed by atoms with Gasteiger partial charge in [-0.15, -0.1) is 0 Å². The first-order valence-corrected chi connectivity index (χ1v) is 11.5. The number of fused-ring (bicyclic) bond motifs is 2. The minimum atomic E-state index is -3.61. The Kier molecular flexibility index (Phi) is 4.96. The molecular weight excluding hydrogens is 424 g/mol. The van der Waals surface area contributed by atoms with Crippen LogP contribution in [0, 0.1) is 6.92 Å². The molecule has 0 aliphatic carbocycles. The maximum atomic E-state index is 12.7. The van der Waals surface area contributed by atoms with Crippen LogP contribution in [0.2, 0.25) is 5.02 Å². The molecule has 0 spiro atoms. The number of sulfonamides is 1. The van der Waals surface area contributed by atoms with E-state index in [-0.39, 0.29) is 17.4 Å². The van der Waals surface area contributed by atoms with Gasteiger partial charge in [0.25, 0.3) is 0 Å². The quantitative estimate of drug-likeness (QED) is 0.607. The molecule has 2 heterocycles. The Morgan fingerprint density at radius 3 is 2.60 bits per heavy atom. The molecule has 1 unspecified atom stereocenters. The summed E-state index contributed by atoms with van der Waals surface area (Å²) < 4.78 is 35.4. The van der Waals surface area contributed by atoms with Crippen LogP contribution in [-0.4, -0.2) is 24.6 Å². The molecule has 8 heteroatoms. The number of carbonyl (C=O) groups is 1. The predicted octanol–water partition coefficient (Wildman–Crippen LogP) is 4.33. The van der Waals surface area contributed by atoms with Crippen molar-refractivity contribution >= 4 is 38.5 Å². The molecular formula is C22H23ClN2O4S. The third-order valence-electron chi connectivity index (χ3n) is 5.12. The molecule has 1 aliphatic rings. The van der Waals surface area contributed by atoms with Crippen molar-refractivity contribution in [2.75, 3.05) is 0 Å². The lowest BCUT2D eigenvalue weighted by atomic mass is 9.97. The van der Waals surface area contributed by atoms with Gasteiger partial charge in [0.2, 0.25) is 10.0 Å². The van der Waals surface area contributed by atoms with E-state index in [4.69, 9.17) is 16.3 Å². The zero-order chi connectivity index (χ0) is 21.8. The van der Waals surface area contributed by atoms with Crippen LogP contribution in [0.25, 0.3) is 10.9 Å². The molecule has 6 nitrogen and oxygen atoms in total. The highest BCUT2D eigenvalue weighted by atomic mass is 35.5. The van der Waals surface area contributed by atoms with Crippen molar-refractivity contribution < 1.29 is 17.9 Å². The van der Waals surface area contributed by atoms with Crippen LogP contribution in [0.3, 0.4) is 0 Å². The lowest BCUT2D eigenvalue weighted by molar-refractivity contribution is -0.155. The van der Waals surface area contributed by atoms with Gasteiger partial charge in [-0.25, -0.2) is 8.42 Å². The Morgan fingerprint density at radius 1 is 1.20 bits per heavy atom. The number of aromatic nitrogens is 1. The van der Waals surface area contributed by atoms with Gasteiger partial charge in [-0.2, -0.15) is 4.72 Å². The number of nitrogens with zero attached hydrogens (tertiary/aromatic N) is 1. The molecule has 0 amide bonds. The van der Waals surface area contributed by atoms with Crippen LogP contribution in [0.1, 0.15) is 43.6 Å². The highest BCUT2D eigenvalue weighted by Crippen LogP contribution is 2.41. The maximum Gasteiger partial charge on any atom is 0.326 e. The largest absolute Gasteiger partial charge is 0.459 e. The predicted molar refractivity (Wildman–Crippen MR) is 116 cm³/mol. The number of hydrogen-bond donors (Lipinski definition) is 1. The number of ether oxygens (including phenoxy) is 1. The number of carbonyl (C=O) groups excluding carboxylic acids is 1. The van der Waals surface area contributed by atoms with Crippen molar-refractivity contribution in [3.63, 3.8) is 0 Å². The monoisotopic (exact) mass is 446 g/mol. The summed E-state index contributed by atoms with van der Waals surface area (Å²) in [4.78, 5) is 12.8. The molecule has 0 bridgehead atoms. The highest BCUT2D eigenvalue weighted by Gasteiger charge is 2.37. The molecule has 4 rings (SSSR count). The first-order chi connectivity index (χ1) is 14.0. The SMILES string of the molecule is Cc1c(C2NS(=O)(=O)c3ccccc32)c2ccc(Cl)cc2n1CC(=O)OC(C)(C)C. The summed E-state index contributed by atoms with van der Waals surface area (Å²) in [6, 6.07) is 11.8. The van der Waals surface area contributed by atoms with Crippen LogP contribution in [0.15, 0.2) is 47.4 Å². The first kappa shape index (κ1) is 20.9. The second-order valence-electron chi connectivity index (χ2n) is 8.43. The van der Waals surface area contributed by atoms with Gasteiger partial charge in [0, 0.05) is 21.7 Å². The molecule has 1 aliphatic heterocycles. The van der Waals surface area contributed by atoms with E-state index in [2.05, 4.69) is 4.72 Å². The van der Waals surface area contributed by atoms with Crippen molar-refractivity contribution in [3.05, 3.63) is 64.3 Å². The molecule has 1 N–H and O–H groups in total. The summed E-state index contributed by atoms with van der Waals surface area (Å²) >= 11 is 6.24. The Hall–Kier alpha value is -2.35. The van der Waals surface area contributed by atoms with Crippen LogP contribution in [0.4, 0.5) is 0 Å². The number of halogens is 1. The summed E-state index contributed by atoms with van der Waals surface area (Å²) in [5.74, 6) is -0.374. The van der Waals surface area contributed by atoms with E-state index in [1.54, 1.807) is 24.3 Å². The Labute approximate surface area is 180 Å². The second kappa shape index (κ2) is 7.11. The number of nitrogens with one attached hydrogen (secondary N) is 1. The van der Waals surface area contributed by atoms with Gasteiger partial charge in [-0.1, -0.05) is 35.9 Å². The fourth-order valence-corrected chi connectivity index (χ4v) is 5.61. The van der Waals surface area contributed by atoms with Crippen molar-refractivity contribution in [1.82, 2.24) is 9.29 Å². The van der Waals surface area contributed by atoms with E-state index < -0.39 is 21.7 Å². The summed E-state index contributed by atoms with van der Waals surface area (Å²) in [6.07, 6.45) is 0. The van der Waals surface area contributed by atoms with Gasteiger partial charge in [-0.3, -0.25) is 4.79 Å². The second-order valence-corrected chi connectivity index (χ2v) is 10.5. The van der Waals surface area contributed by atoms with Crippen LogP contribution in [0.5, 0.6) is 0 Å². The molecule has 0 saturated heterocycles. The van der Waals surface area contributed by atoms with Gasteiger partial charge in [-0.05, 0) is 51.5 Å². The van der Waals surface area contributed by atoms with E-state index in [1.165, 1.54) is 0 Å². The van der Waals surface area contributed by atoms with Crippen molar-refractivity contribution in [1.29, 1.82) is 0 Å². The van der Waals surface area contributed by atoms with Gasteiger partial charge >= 0.3 is 5.97 Å². The summed E-state index contributed by atoms with van der Waals surface area (Å²) in [5, 5.41) is 1.37. The fraction of sp³-hybridized carbons (Fsp3) is 0.318.